The highest BCUT2D eigenvalue weighted by Gasteiger charge is 2.32. The molecule has 1 aliphatic rings. The Morgan fingerprint density at radius 2 is 1.62 bits per heavy atom. The SMILES string of the molecule is NC(=O)CCC1NC(CNC(=O)/C=C/c2ccc(Cl)cc2)CCN(CC(c2ccccc2)c2ccccc2)C1=O. The third kappa shape index (κ3) is 8.53. The van der Waals surface area contributed by atoms with Gasteiger partial charge < -0.3 is 21.3 Å². The molecule has 0 bridgehead atoms. The lowest BCUT2D eigenvalue weighted by Crippen LogP contribution is -2.49. The molecule has 40 heavy (non-hydrogen) atoms. The number of rotatable bonds is 11. The Labute approximate surface area is 240 Å². The van der Waals surface area contributed by atoms with Crippen LogP contribution in [-0.4, -0.2) is 54.3 Å². The molecule has 1 heterocycles. The third-order valence-electron chi connectivity index (χ3n) is 7.10. The van der Waals surface area contributed by atoms with Crippen LogP contribution in [0.15, 0.2) is 91.0 Å². The van der Waals surface area contributed by atoms with E-state index in [0.717, 1.165) is 16.7 Å². The van der Waals surface area contributed by atoms with Gasteiger partial charge in [-0.15, -0.1) is 0 Å². The van der Waals surface area contributed by atoms with Crippen LogP contribution in [0.3, 0.4) is 0 Å². The average Bonchev–Trinajstić information content (AvgIpc) is 3.12. The first-order valence-corrected chi connectivity index (χ1v) is 13.9. The minimum Gasteiger partial charge on any atom is -0.370 e. The van der Waals surface area contributed by atoms with E-state index in [9.17, 15) is 14.4 Å². The maximum Gasteiger partial charge on any atom is 0.244 e. The molecule has 0 radical (unpaired) electrons. The zero-order valence-electron chi connectivity index (χ0n) is 22.3. The lowest BCUT2D eigenvalue weighted by molar-refractivity contribution is -0.133. The van der Waals surface area contributed by atoms with Crippen LogP contribution in [0.5, 0.6) is 0 Å². The molecule has 0 saturated carbocycles. The van der Waals surface area contributed by atoms with Crippen molar-refractivity contribution in [3.63, 3.8) is 0 Å². The van der Waals surface area contributed by atoms with Crippen molar-refractivity contribution in [2.45, 2.75) is 37.3 Å². The van der Waals surface area contributed by atoms with E-state index in [-0.39, 0.29) is 30.2 Å². The molecule has 3 aromatic carbocycles. The molecule has 1 saturated heterocycles. The van der Waals surface area contributed by atoms with Gasteiger partial charge in [-0.1, -0.05) is 84.4 Å². The largest absolute Gasteiger partial charge is 0.370 e. The van der Waals surface area contributed by atoms with Gasteiger partial charge in [0.2, 0.25) is 17.7 Å². The maximum atomic E-state index is 13.7. The number of hydrogen-bond donors (Lipinski definition) is 3. The summed E-state index contributed by atoms with van der Waals surface area (Å²) in [6.07, 6.45) is 4.25. The number of amides is 3. The van der Waals surface area contributed by atoms with E-state index in [4.69, 9.17) is 17.3 Å². The second-order valence-electron chi connectivity index (χ2n) is 10.00. The summed E-state index contributed by atoms with van der Waals surface area (Å²) in [5, 5.41) is 6.95. The van der Waals surface area contributed by atoms with Crippen LogP contribution >= 0.6 is 11.6 Å². The normalized spacial score (nSPS) is 17.6. The summed E-state index contributed by atoms with van der Waals surface area (Å²) < 4.78 is 0. The third-order valence-corrected chi connectivity index (χ3v) is 7.35. The second kappa shape index (κ2) is 14.4. The highest BCUT2D eigenvalue weighted by molar-refractivity contribution is 6.30. The van der Waals surface area contributed by atoms with E-state index in [2.05, 4.69) is 34.9 Å². The van der Waals surface area contributed by atoms with E-state index >= 15 is 0 Å². The Morgan fingerprint density at radius 3 is 2.23 bits per heavy atom. The summed E-state index contributed by atoms with van der Waals surface area (Å²) in [6.45, 7) is 1.37. The minimum atomic E-state index is -0.575. The first-order chi connectivity index (χ1) is 19.4. The fourth-order valence-electron chi connectivity index (χ4n) is 4.94. The van der Waals surface area contributed by atoms with Crippen molar-refractivity contribution in [2.75, 3.05) is 19.6 Å². The fraction of sp³-hybridized carbons (Fsp3) is 0.281. The van der Waals surface area contributed by atoms with E-state index in [1.54, 1.807) is 18.2 Å². The number of hydrogen-bond acceptors (Lipinski definition) is 4. The molecule has 0 spiro atoms. The van der Waals surface area contributed by atoms with Crippen LogP contribution < -0.4 is 16.4 Å². The van der Waals surface area contributed by atoms with Crippen molar-refractivity contribution in [1.82, 2.24) is 15.5 Å². The van der Waals surface area contributed by atoms with Gasteiger partial charge in [0.25, 0.3) is 0 Å². The Bertz CT molecular complexity index is 1260. The minimum absolute atomic E-state index is 0.00241. The zero-order valence-corrected chi connectivity index (χ0v) is 23.1. The number of primary amides is 1. The Hall–Kier alpha value is -3.94. The van der Waals surface area contributed by atoms with Gasteiger partial charge in [0.1, 0.15) is 0 Å². The summed E-state index contributed by atoms with van der Waals surface area (Å²) in [6, 6.07) is 26.8. The number of nitrogens with zero attached hydrogens (tertiary/aromatic N) is 1. The van der Waals surface area contributed by atoms with Gasteiger partial charge in [0.05, 0.1) is 6.04 Å². The first-order valence-electron chi connectivity index (χ1n) is 13.5. The molecule has 4 N–H and O–H groups in total. The number of carbonyl (C=O) groups excluding carboxylic acids is 3. The molecule has 7 nitrogen and oxygen atoms in total. The predicted molar refractivity (Wildman–Crippen MR) is 159 cm³/mol. The van der Waals surface area contributed by atoms with Crippen molar-refractivity contribution in [3.8, 4) is 0 Å². The summed E-state index contributed by atoms with van der Waals surface area (Å²) >= 11 is 5.92. The van der Waals surface area contributed by atoms with Gasteiger partial charge in [-0.3, -0.25) is 14.4 Å². The van der Waals surface area contributed by atoms with Crippen LogP contribution in [0, 0.1) is 0 Å². The van der Waals surface area contributed by atoms with E-state index < -0.39 is 11.9 Å². The monoisotopic (exact) mass is 558 g/mol. The maximum absolute atomic E-state index is 13.7. The molecule has 0 aromatic heterocycles. The molecule has 1 fully saturated rings. The van der Waals surface area contributed by atoms with Crippen molar-refractivity contribution in [2.24, 2.45) is 5.73 Å². The van der Waals surface area contributed by atoms with Gasteiger partial charge in [-0.25, -0.2) is 0 Å². The van der Waals surface area contributed by atoms with Crippen molar-refractivity contribution in [3.05, 3.63) is 113 Å². The van der Waals surface area contributed by atoms with Crippen LogP contribution in [0.2, 0.25) is 5.02 Å². The highest BCUT2D eigenvalue weighted by Crippen LogP contribution is 2.27. The van der Waals surface area contributed by atoms with Crippen LogP contribution in [0.4, 0.5) is 0 Å². The van der Waals surface area contributed by atoms with E-state index in [0.29, 0.717) is 37.5 Å². The fourth-order valence-corrected chi connectivity index (χ4v) is 5.07. The molecule has 8 heteroatoms. The number of nitrogens with two attached hydrogens (primary N) is 1. The Balaban J connectivity index is 1.46. The van der Waals surface area contributed by atoms with Gasteiger partial charge in [-0.2, -0.15) is 0 Å². The molecule has 4 rings (SSSR count). The number of halogens is 1. The van der Waals surface area contributed by atoms with Crippen molar-refractivity contribution < 1.29 is 14.4 Å². The van der Waals surface area contributed by atoms with Crippen molar-refractivity contribution >= 4 is 35.4 Å². The quantitative estimate of drug-likeness (QED) is 0.308. The summed E-state index contributed by atoms with van der Waals surface area (Å²) in [4.78, 5) is 39.7. The lowest BCUT2D eigenvalue weighted by Gasteiger charge is -2.29. The number of nitrogens with one attached hydrogen (secondary N) is 2. The smallest absolute Gasteiger partial charge is 0.244 e. The van der Waals surface area contributed by atoms with Gasteiger partial charge in [0.15, 0.2) is 0 Å². The topological polar surface area (TPSA) is 105 Å². The molecular formula is C32H35ClN4O3. The molecule has 1 aliphatic heterocycles. The number of benzene rings is 3. The highest BCUT2D eigenvalue weighted by atomic mass is 35.5. The van der Waals surface area contributed by atoms with Crippen LogP contribution in [0.1, 0.15) is 41.9 Å². The van der Waals surface area contributed by atoms with E-state index in [1.807, 2.05) is 53.4 Å². The summed E-state index contributed by atoms with van der Waals surface area (Å²) in [5.74, 6) is -0.743. The molecule has 2 unspecified atom stereocenters. The zero-order chi connectivity index (χ0) is 28.3. The Kier molecular flexibility index (Phi) is 10.5. The second-order valence-corrected chi connectivity index (χ2v) is 10.4. The number of carbonyl (C=O) groups is 3. The Morgan fingerprint density at radius 1 is 1.00 bits per heavy atom. The molecule has 0 aliphatic carbocycles. The van der Waals surface area contributed by atoms with Crippen LogP contribution in [0.25, 0.3) is 6.08 Å². The summed E-state index contributed by atoms with van der Waals surface area (Å²) in [7, 11) is 0. The van der Waals surface area contributed by atoms with Crippen LogP contribution in [-0.2, 0) is 14.4 Å². The van der Waals surface area contributed by atoms with Gasteiger partial charge in [0, 0.05) is 49.1 Å². The average molecular weight is 559 g/mol. The molecule has 3 aromatic rings. The van der Waals surface area contributed by atoms with Gasteiger partial charge >= 0.3 is 0 Å². The molecule has 3 amide bonds. The van der Waals surface area contributed by atoms with Crippen molar-refractivity contribution in [1.29, 1.82) is 0 Å². The standard InChI is InChI=1S/C32H35ClN4O3/c33-26-14-11-23(12-15-26)13-18-31(39)35-21-27-19-20-37(32(40)29(36-27)16-17-30(34)38)22-28(24-7-3-1-4-8-24)25-9-5-2-6-10-25/h1-15,18,27-29,36H,16-17,19-22H2,(H2,34,38)(H,35,39)/b18-13+. The summed E-state index contributed by atoms with van der Waals surface area (Å²) in [5.41, 5.74) is 8.54. The lowest BCUT2D eigenvalue weighted by atomic mass is 9.90. The van der Waals surface area contributed by atoms with E-state index in [1.165, 1.54) is 6.08 Å². The first kappa shape index (κ1) is 29.1. The molecular weight excluding hydrogens is 524 g/mol. The van der Waals surface area contributed by atoms with Gasteiger partial charge in [-0.05, 0) is 47.7 Å². The predicted octanol–water partition coefficient (Wildman–Crippen LogP) is 4.13. The molecule has 2 atom stereocenters. The molecule has 208 valence electrons.